The molecule has 2 saturated heterocycles. The Kier molecular flexibility index (Phi) is 5.22. The average molecular weight is 241 g/mol. The van der Waals surface area contributed by atoms with Gasteiger partial charge in [-0.1, -0.05) is 6.92 Å². The Morgan fingerprint density at radius 1 is 1.24 bits per heavy atom. The monoisotopic (exact) mass is 241 g/mol. The maximum atomic E-state index is 5.74. The summed E-state index contributed by atoms with van der Waals surface area (Å²) in [5.41, 5.74) is 0. The Balaban J connectivity index is 1.57. The van der Waals surface area contributed by atoms with Gasteiger partial charge >= 0.3 is 0 Å². The average Bonchev–Trinajstić information content (AvgIpc) is 2.77. The second-order valence-corrected chi connectivity index (χ2v) is 5.46. The predicted molar refractivity (Wildman–Crippen MR) is 70.3 cm³/mol. The summed E-state index contributed by atoms with van der Waals surface area (Å²) in [4.78, 5) is 4.89. The molecule has 0 bridgehead atoms. The second kappa shape index (κ2) is 6.69. The molecule has 0 amide bonds. The van der Waals surface area contributed by atoms with Crippen LogP contribution in [0.2, 0.25) is 0 Å². The molecule has 1 N–H and O–H groups in total. The lowest BCUT2D eigenvalue weighted by Gasteiger charge is -2.30. The number of nitrogens with one attached hydrogen (secondary N) is 1. The van der Waals surface area contributed by atoms with Crippen LogP contribution in [0.15, 0.2) is 0 Å². The summed E-state index contributed by atoms with van der Waals surface area (Å²) in [7, 11) is 2.17. The molecule has 0 spiro atoms. The van der Waals surface area contributed by atoms with Crippen LogP contribution in [0, 0.1) is 5.92 Å². The topological polar surface area (TPSA) is 27.7 Å². The maximum absolute atomic E-state index is 5.74. The zero-order valence-electron chi connectivity index (χ0n) is 11.3. The first-order valence-corrected chi connectivity index (χ1v) is 7.01. The van der Waals surface area contributed by atoms with Gasteiger partial charge in [0.25, 0.3) is 0 Å². The van der Waals surface area contributed by atoms with E-state index in [1.165, 1.54) is 26.1 Å². The zero-order chi connectivity index (χ0) is 12.1. The molecule has 4 heteroatoms. The summed E-state index contributed by atoms with van der Waals surface area (Å²) in [6.07, 6.45) is 1.74. The van der Waals surface area contributed by atoms with Crippen LogP contribution in [0.4, 0.5) is 0 Å². The number of hydrogen-bond donors (Lipinski definition) is 1. The van der Waals surface area contributed by atoms with E-state index in [2.05, 4.69) is 29.1 Å². The van der Waals surface area contributed by atoms with E-state index in [0.717, 1.165) is 38.7 Å². The first-order chi connectivity index (χ1) is 8.28. The molecule has 0 aromatic carbocycles. The fourth-order valence-electron chi connectivity index (χ4n) is 2.81. The lowest BCUT2D eigenvalue weighted by Crippen LogP contribution is -2.45. The molecule has 4 nitrogen and oxygen atoms in total. The largest absolute Gasteiger partial charge is 0.374 e. The van der Waals surface area contributed by atoms with Crippen molar-refractivity contribution in [1.82, 2.24) is 15.1 Å². The van der Waals surface area contributed by atoms with Crippen LogP contribution in [0.25, 0.3) is 0 Å². The minimum atomic E-state index is 0.387. The number of rotatable bonds is 5. The highest BCUT2D eigenvalue weighted by atomic mass is 16.5. The van der Waals surface area contributed by atoms with Crippen LogP contribution in [-0.2, 0) is 4.74 Å². The first-order valence-electron chi connectivity index (χ1n) is 7.01. The molecular weight excluding hydrogens is 214 g/mol. The van der Waals surface area contributed by atoms with Crippen molar-refractivity contribution in [3.8, 4) is 0 Å². The van der Waals surface area contributed by atoms with Gasteiger partial charge in [-0.3, -0.25) is 0 Å². The van der Waals surface area contributed by atoms with Gasteiger partial charge in [-0.2, -0.15) is 0 Å². The van der Waals surface area contributed by atoms with Gasteiger partial charge in [-0.25, -0.2) is 0 Å². The third-order valence-corrected chi connectivity index (χ3v) is 3.96. The number of hydrogen-bond acceptors (Lipinski definition) is 4. The summed E-state index contributed by atoms with van der Waals surface area (Å²) in [6.45, 7) is 11.2. The van der Waals surface area contributed by atoms with Crippen molar-refractivity contribution in [2.45, 2.75) is 19.4 Å². The van der Waals surface area contributed by atoms with E-state index in [1.807, 2.05) is 0 Å². The van der Waals surface area contributed by atoms with E-state index in [0.29, 0.717) is 6.10 Å². The fourth-order valence-corrected chi connectivity index (χ4v) is 2.81. The van der Waals surface area contributed by atoms with Gasteiger partial charge in [0, 0.05) is 26.2 Å². The summed E-state index contributed by atoms with van der Waals surface area (Å²) in [5.74, 6) is 0.844. The SMILES string of the molecule is CCN1CCC(CNCC2CN(C)CCO2)C1. The summed E-state index contributed by atoms with van der Waals surface area (Å²) in [5, 5.41) is 3.58. The molecule has 2 unspecified atom stereocenters. The van der Waals surface area contributed by atoms with Crippen molar-refractivity contribution in [1.29, 1.82) is 0 Å². The Labute approximate surface area is 105 Å². The van der Waals surface area contributed by atoms with Crippen LogP contribution >= 0.6 is 0 Å². The van der Waals surface area contributed by atoms with Crippen molar-refractivity contribution in [3.63, 3.8) is 0 Å². The van der Waals surface area contributed by atoms with Crippen molar-refractivity contribution >= 4 is 0 Å². The van der Waals surface area contributed by atoms with Crippen LogP contribution in [-0.4, -0.2) is 75.4 Å². The minimum absolute atomic E-state index is 0.387. The fraction of sp³-hybridized carbons (Fsp3) is 1.00. The van der Waals surface area contributed by atoms with E-state index in [4.69, 9.17) is 4.74 Å². The highest BCUT2D eigenvalue weighted by molar-refractivity contribution is 4.78. The molecular formula is C13H27N3O. The number of likely N-dealkylation sites (N-methyl/N-ethyl adjacent to an activating group) is 1. The predicted octanol–water partition coefficient (Wildman–Crippen LogP) is 0.248. The molecule has 0 aromatic rings. The zero-order valence-corrected chi connectivity index (χ0v) is 11.3. The molecule has 0 aromatic heterocycles. The van der Waals surface area contributed by atoms with Crippen molar-refractivity contribution in [2.75, 3.05) is 59.5 Å². The van der Waals surface area contributed by atoms with Crippen LogP contribution < -0.4 is 5.32 Å². The van der Waals surface area contributed by atoms with Crippen LogP contribution in [0.1, 0.15) is 13.3 Å². The van der Waals surface area contributed by atoms with Gasteiger partial charge in [0.2, 0.25) is 0 Å². The van der Waals surface area contributed by atoms with Crippen molar-refractivity contribution in [2.24, 2.45) is 5.92 Å². The molecule has 17 heavy (non-hydrogen) atoms. The molecule has 0 saturated carbocycles. The van der Waals surface area contributed by atoms with Gasteiger partial charge in [-0.05, 0) is 39.0 Å². The van der Waals surface area contributed by atoms with E-state index in [9.17, 15) is 0 Å². The maximum Gasteiger partial charge on any atom is 0.0826 e. The molecule has 0 aliphatic carbocycles. The molecule has 2 fully saturated rings. The Hall–Kier alpha value is -0.160. The lowest BCUT2D eigenvalue weighted by molar-refractivity contribution is -0.0183. The Morgan fingerprint density at radius 2 is 2.12 bits per heavy atom. The van der Waals surface area contributed by atoms with E-state index < -0.39 is 0 Å². The van der Waals surface area contributed by atoms with Crippen LogP contribution in [0.3, 0.4) is 0 Å². The van der Waals surface area contributed by atoms with Gasteiger partial charge in [0.15, 0.2) is 0 Å². The molecule has 100 valence electrons. The smallest absolute Gasteiger partial charge is 0.0826 e. The van der Waals surface area contributed by atoms with Gasteiger partial charge in [0.1, 0.15) is 0 Å². The Morgan fingerprint density at radius 3 is 2.82 bits per heavy atom. The van der Waals surface area contributed by atoms with Gasteiger partial charge in [-0.15, -0.1) is 0 Å². The second-order valence-electron chi connectivity index (χ2n) is 5.46. The summed E-state index contributed by atoms with van der Waals surface area (Å²) < 4.78 is 5.74. The minimum Gasteiger partial charge on any atom is -0.374 e. The lowest BCUT2D eigenvalue weighted by atomic mass is 10.1. The quantitative estimate of drug-likeness (QED) is 0.747. The van der Waals surface area contributed by atoms with E-state index in [-0.39, 0.29) is 0 Å². The normalized spacial score (nSPS) is 32.1. The Bertz CT molecular complexity index is 225. The molecule has 2 rings (SSSR count). The van der Waals surface area contributed by atoms with Crippen LogP contribution in [0.5, 0.6) is 0 Å². The highest BCUT2D eigenvalue weighted by Crippen LogP contribution is 2.14. The number of nitrogens with zero attached hydrogens (tertiary/aromatic N) is 2. The number of likely N-dealkylation sites (tertiary alicyclic amines) is 1. The molecule has 2 aliphatic heterocycles. The van der Waals surface area contributed by atoms with Gasteiger partial charge in [0.05, 0.1) is 12.7 Å². The molecule has 2 atom stereocenters. The highest BCUT2D eigenvalue weighted by Gasteiger charge is 2.22. The molecule has 2 heterocycles. The van der Waals surface area contributed by atoms with E-state index in [1.54, 1.807) is 0 Å². The third-order valence-electron chi connectivity index (χ3n) is 3.96. The first kappa shape index (κ1) is 13.3. The number of morpholine rings is 1. The third kappa shape index (κ3) is 4.21. The number of ether oxygens (including phenoxy) is 1. The summed E-state index contributed by atoms with van der Waals surface area (Å²) >= 11 is 0. The summed E-state index contributed by atoms with van der Waals surface area (Å²) in [6, 6.07) is 0. The van der Waals surface area contributed by atoms with Gasteiger partial charge < -0.3 is 19.9 Å². The standard InChI is InChI=1S/C13H27N3O/c1-3-16-5-4-12(10-16)8-14-9-13-11-15(2)6-7-17-13/h12-14H,3-11H2,1-2H3. The molecule has 0 radical (unpaired) electrons. The van der Waals surface area contributed by atoms with E-state index >= 15 is 0 Å². The van der Waals surface area contributed by atoms with Crippen molar-refractivity contribution in [3.05, 3.63) is 0 Å². The van der Waals surface area contributed by atoms with Crippen molar-refractivity contribution < 1.29 is 4.74 Å². The molecule has 2 aliphatic rings.